The van der Waals surface area contributed by atoms with Crippen molar-refractivity contribution in [2.24, 2.45) is 5.92 Å². The van der Waals surface area contributed by atoms with E-state index in [9.17, 15) is 13.2 Å². The van der Waals surface area contributed by atoms with Gasteiger partial charge in [-0.2, -0.15) is 4.31 Å². The van der Waals surface area contributed by atoms with Crippen LogP contribution in [0.4, 0.5) is 0 Å². The lowest BCUT2D eigenvalue weighted by atomic mass is 9.86. The molecular weight excluding hydrogens is 358 g/mol. The molecule has 0 bridgehead atoms. The van der Waals surface area contributed by atoms with Crippen molar-refractivity contribution in [3.8, 4) is 0 Å². The summed E-state index contributed by atoms with van der Waals surface area (Å²) in [6, 6.07) is 3.72. The van der Waals surface area contributed by atoms with E-state index in [1.807, 2.05) is 0 Å². The van der Waals surface area contributed by atoms with Crippen LogP contribution in [-0.2, 0) is 14.8 Å². The number of rotatable bonds is 5. The zero-order valence-corrected chi connectivity index (χ0v) is 16.4. The number of hydrogen-bond acceptors (Lipinski definition) is 4. The molecule has 140 valence electrons. The van der Waals surface area contributed by atoms with Crippen LogP contribution in [0, 0.1) is 5.92 Å². The Labute approximate surface area is 154 Å². The third-order valence-corrected chi connectivity index (χ3v) is 8.66. The summed E-state index contributed by atoms with van der Waals surface area (Å²) in [6.45, 7) is 4.96. The Morgan fingerprint density at radius 2 is 2.04 bits per heavy atom. The van der Waals surface area contributed by atoms with Crippen LogP contribution in [0.1, 0.15) is 32.6 Å². The minimum atomic E-state index is -3.36. The molecule has 3 rings (SSSR count). The summed E-state index contributed by atoms with van der Waals surface area (Å²) in [4.78, 5) is 13.5. The molecule has 0 radical (unpaired) electrons. The fourth-order valence-corrected chi connectivity index (χ4v) is 6.36. The number of piperazine rings is 1. The van der Waals surface area contributed by atoms with Crippen LogP contribution in [0.5, 0.6) is 0 Å². The average Bonchev–Trinajstić information content (AvgIpc) is 3.13. The zero-order valence-electron chi connectivity index (χ0n) is 14.7. The van der Waals surface area contributed by atoms with Gasteiger partial charge in [-0.15, -0.1) is 11.3 Å². The topological polar surface area (TPSA) is 70.9 Å². The molecule has 2 atom stereocenters. The maximum Gasteiger partial charge on any atom is 0.275 e. The van der Waals surface area contributed by atoms with Crippen molar-refractivity contribution in [3.63, 3.8) is 0 Å². The van der Waals surface area contributed by atoms with Gasteiger partial charge in [-0.1, -0.05) is 25.8 Å². The highest BCUT2D eigenvalue weighted by Gasteiger charge is 2.32. The maximum atomic E-state index is 12.5. The van der Waals surface area contributed by atoms with Crippen LogP contribution in [0.2, 0.25) is 0 Å². The van der Waals surface area contributed by atoms with Gasteiger partial charge in [0.2, 0.25) is 0 Å². The van der Waals surface area contributed by atoms with Crippen molar-refractivity contribution in [3.05, 3.63) is 17.5 Å². The smallest absolute Gasteiger partial charge is 0.275 e. The standard InChI is InChI=1S/C17H27N3O3S2/c1-14-5-2-3-6-15(14)18-16(21)13-19-8-10-20(11-9-19)25(22,23)17-7-4-12-24-17/h4,7,12,14-15H,2-3,5-6,8-11,13H2,1H3,(H,18,21)/p+1/t14-,15-/m0/s1. The third kappa shape index (κ3) is 4.61. The second-order valence-electron chi connectivity index (χ2n) is 7.20. The minimum absolute atomic E-state index is 0.100. The molecule has 1 aliphatic carbocycles. The summed E-state index contributed by atoms with van der Waals surface area (Å²) >= 11 is 1.25. The molecule has 25 heavy (non-hydrogen) atoms. The SMILES string of the molecule is C[C@H]1CCCC[C@@H]1NC(=O)C[NH+]1CCN(S(=O)(=O)c2cccs2)CC1. The number of sulfonamides is 1. The third-order valence-electron chi connectivity index (χ3n) is 5.39. The monoisotopic (exact) mass is 386 g/mol. The Bertz CT molecular complexity index is 667. The quantitative estimate of drug-likeness (QED) is 0.766. The van der Waals surface area contributed by atoms with Gasteiger partial charge in [0.15, 0.2) is 6.54 Å². The highest BCUT2D eigenvalue weighted by molar-refractivity contribution is 7.91. The van der Waals surface area contributed by atoms with Crippen molar-refractivity contribution in [1.29, 1.82) is 0 Å². The normalized spacial score (nSPS) is 26.4. The van der Waals surface area contributed by atoms with Crippen molar-refractivity contribution in [2.45, 2.75) is 42.9 Å². The van der Waals surface area contributed by atoms with E-state index in [1.165, 1.54) is 35.5 Å². The predicted octanol–water partition coefficient (Wildman–Crippen LogP) is 0.332. The minimum Gasteiger partial charge on any atom is -0.348 e. The van der Waals surface area contributed by atoms with E-state index >= 15 is 0 Å². The number of carbonyl (C=O) groups is 1. The molecule has 6 nitrogen and oxygen atoms in total. The number of nitrogens with one attached hydrogen (secondary N) is 2. The molecule has 8 heteroatoms. The van der Waals surface area contributed by atoms with Gasteiger partial charge in [0, 0.05) is 6.04 Å². The van der Waals surface area contributed by atoms with Crippen LogP contribution in [0.25, 0.3) is 0 Å². The number of hydrogen-bond donors (Lipinski definition) is 2. The number of thiophene rings is 1. The van der Waals surface area contributed by atoms with Crippen LogP contribution in [0.3, 0.4) is 0 Å². The Morgan fingerprint density at radius 1 is 1.32 bits per heavy atom. The Kier molecular flexibility index (Phi) is 6.14. The van der Waals surface area contributed by atoms with Gasteiger partial charge < -0.3 is 10.2 Å². The van der Waals surface area contributed by atoms with Crippen LogP contribution >= 0.6 is 11.3 Å². The zero-order chi connectivity index (χ0) is 17.9. The molecule has 1 saturated carbocycles. The molecular formula is C17H28N3O3S2+. The molecule has 1 saturated heterocycles. The van der Waals surface area contributed by atoms with Gasteiger partial charge in [-0.3, -0.25) is 4.79 Å². The van der Waals surface area contributed by atoms with Gasteiger partial charge in [0.05, 0.1) is 26.2 Å². The van der Waals surface area contributed by atoms with Crippen LogP contribution in [0.15, 0.2) is 21.7 Å². The highest BCUT2D eigenvalue weighted by atomic mass is 32.2. The van der Waals surface area contributed by atoms with E-state index in [0.717, 1.165) is 6.42 Å². The van der Waals surface area contributed by atoms with Crippen molar-refractivity contribution in [2.75, 3.05) is 32.7 Å². The van der Waals surface area contributed by atoms with Gasteiger partial charge in [-0.05, 0) is 30.2 Å². The first-order chi connectivity index (χ1) is 12.0. The summed E-state index contributed by atoms with van der Waals surface area (Å²) in [5, 5.41) is 4.97. The summed E-state index contributed by atoms with van der Waals surface area (Å²) in [6.07, 6.45) is 4.73. The Morgan fingerprint density at radius 3 is 2.68 bits per heavy atom. The van der Waals surface area contributed by atoms with Gasteiger partial charge in [0.1, 0.15) is 4.21 Å². The molecule has 0 aromatic carbocycles. The van der Waals surface area contributed by atoms with Gasteiger partial charge in [-0.25, -0.2) is 8.42 Å². The van der Waals surface area contributed by atoms with E-state index in [2.05, 4.69) is 12.2 Å². The lowest BCUT2D eigenvalue weighted by Crippen LogP contribution is -3.15. The second kappa shape index (κ2) is 8.16. The average molecular weight is 387 g/mol. The largest absolute Gasteiger partial charge is 0.348 e. The molecule has 0 unspecified atom stereocenters. The van der Waals surface area contributed by atoms with Crippen LogP contribution in [-0.4, -0.2) is 57.4 Å². The number of quaternary nitrogens is 1. The first kappa shape index (κ1) is 18.8. The van der Waals surface area contributed by atoms with E-state index in [1.54, 1.807) is 21.8 Å². The Balaban J connectivity index is 1.47. The molecule has 2 fully saturated rings. The molecule has 1 aliphatic heterocycles. The molecule has 2 N–H and O–H groups in total. The number of amides is 1. The molecule has 0 spiro atoms. The number of nitrogens with zero attached hydrogens (tertiary/aromatic N) is 1. The summed E-state index contributed by atoms with van der Waals surface area (Å²) in [5.74, 6) is 0.656. The molecule has 1 aromatic heterocycles. The van der Waals surface area contributed by atoms with Crippen molar-refractivity contribution in [1.82, 2.24) is 9.62 Å². The first-order valence-corrected chi connectivity index (χ1v) is 11.5. The molecule has 1 amide bonds. The predicted molar refractivity (Wildman–Crippen MR) is 98.2 cm³/mol. The number of carbonyl (C=O) groups excluding carboxylic acids is 1. The maximum absolute atomic E-state index is 12.5. The highest BCUT2D eigenvalue weighted by Crippen LogP contribution is 2.23. The fraction of sp³-hybridized carbons (Fsp3) is 0.706. The lowest BCUT2D eigenvalue weighted by molar-refractivity contribution is -0.895. The van der Waals surface area contributed by atoms with E-state index in [4.69, 9.17) is 0 Å². The van der Waals surface area contributed by atoms with Crippen molar-refractivity contribution >= 4 is 27.3 Å². The van der Waals surface area contributed by atoms with Crippen LogP contribution < -0.4 is 10.2 Å². The fourth-order valence-electron chi connectivity index (χ4n) is 3.77. The van der Waals surface area contributed by atoms with Gasteiger partial charge in [0.25, 0.3) is 15.9 Å². The van der Waals surface area contributed by atoms with E-state index in [-0.39, 0.29) is 5.91 Å². The van der Waals surface area contributed by atoms with Crippen molar-refractivity contribution < 1.29 is 18.1 Å². The van der Waals surface area contributed by atoms with Gasteiger partial charge >= 0.3 is 0 Å². The molecule has 2 heterocycles. The first-order valence-electron chi connectivity index (χ1n) is 9.13. The summed E-state index contributed by atoms with van der Waals surface area (Å²) in [5.41, 5.74) is 0. The molecule has 1 aromatic rings. The lowest BCUT2D eigenvalue weighted by Gasteiger charge is -2.32. The van der Waals surface area contributed by atoms with E-state index < -0.39 is 10.0 Å². The second-order valence-corrected chi connectivity index (χ2v) is 10.3. The van der Waals surface area contributed by atoms with E-state index in [0.29, 0.717) is 48.9 Å². The summed E-state index contributed by atoms with van der Waals surface area (Å²) in [7, 11) is -3.36. The Hall–Kier alpha value is -0.960. The molecule has 2 aliphatic rings. The summed E-state index contributed by atoms with van der Waals surface area (Å²) < 4.78 is 27.0.